The SMILES string of the molecule is CCOC(=O)CC(Cc1cncc(-c2ccc(Oc3ncc(C#N)cc3F)cc2)n1)NC(=O)OC(C)(C)C. The first-order valence-electron chi connectivity index (χ1n) is 11.9. The second-order valence-electron chi connectivity index (χ2n) is 9.20. The van der Waals surface area contributed by atoms with Gasteiger partial charge >= 0.3 is 12.1 Å². The number of ether oxygens (including phenoxy) is 3. The van der Waals surface area contributed by atoms with Crippen molar-refractivity contribution in [2.45, 2.75) is 52.2 Å². The molecule has 1 aromatic carbocycles. The van der Waals surface area contributed by atoms with Crippen LogP contribution in [0.1, 0.15) is 45.4 Å². The number of hydrogen-bond acceptors (Lipinski definition) is 9. The van der Waals surface area contributed by atoms with Crippen molar-refractivity contribution in [3.05, 3.63) is 66.0 Å². The standard InChI is InChI=1S/C27H28FN5O5/c1-5-36-24(34)12-19(33-26(35)38-27(2,3)4)11-20-15-30-16-23(32-20)18-6-8-21(9-7-18)37-25-22(28)10-17(13-29)14-31-25/h6-10,14-16,19H,5,11-12H2,1-4H3,(H,33,35). The molecule has 0 spiro atoms. The van der Waals surface area contributed by atoms with Crippen LogP contribution in [0.5, 0.6) is 11.6 Å². The Bertz CT molecular complexity index is 1320. The van der Waals surface area contributed by atoms with E-state index in [4.69, 9.17) is 19.5 Å². The van der Waals surface area contributed by atoms with Crippen LogP contribution in [-0.4, -0.2) is 45.3 Å². The van der Waals surface area contributed by atoms with Gasteiger partial charge in [-0.05, 0) is 58.0 Å². The van der Waals surface area contributed by atoms with Gasteiger partial charge in [0.2, 0.25) is 0 Å². The van der Waals surface area contributed by atoms with Crippen LogP contribution in [0, 0.1) is 17.1 Å². The number of alkyl carbamates (subject to hydrolysis) is 1. The number of esters is 1. The van der Waals surface area contributed by atoms with Crippen LogP contribution in [-0.2, 0) is 20.7 Å². The molecule has 10 nitrogen and oxygen atoms in total. The average Bonchev–Trinajstić information content (AvgIpc) is 2.84. The van der Waals surface area contributed by atoms with Crippen molar-refractivity contribution in [2.24, 2.45) is 0 Å². The molecule has 1 unspecified atom stereocenters. The highest BCUT2D eigenvalue weighted by Crippen LogP contribution is 2.26. The Labute approximate surface area is 219 Å². The van der Waals surface area contributed by atoms with Crippen molar-refractivity contribution in [1.82, 2.24) is 20.3 Å². The summed E-state index contributed by atoms with van der Waals surface area (Å²) in [5.74, 6) is -1.11. The largest absolute Gasteiger partial charge is 0.466 e. The van der Waals surface area contributed by atoms with Crippen molar-refractivity contribution < 1.29 is 28.2 Å². The molecule has 1 atom stereocenters. The van der Waals surface area contributed by atoms with Crippen molar-refractivity contribution >= 4 is 12.1 Å². The number of benzene rings is 1. The van der Waals surface area contributed by atoms with E-state index in [0.717, 1.165) is 6.07 Å². The quantitative estimate of drug-likeness (QED) is 0.396. The van der Waals surface area contributed by atoms with Gasteiger partial charge in [-0.25, -0.2) is 19.2 Å². The van der Waals surface area contributed by atoms with Crippen LogP contribution in [0.15, 0.2) is 48.9 Å². The average molecular weight is 522 g/mol. The minimum absolute atomic E-state index is 0.0645. The fraction of sp³-hybridized carbons (Fsp3) is 0.333. The van der Waals surface area contributed by atoms with Gasteiger partial charge in [0.25, 0.3) is 5.88 Å². The van der Waals surface area contributed by atoms with E-state index < -0.39 is 29.5 Å². The minimum atomic E-state index is -0.746. The third-order valence-electron chi connectivity index (χ3n) is 4.88. The number of nitrogens with zero attached hydrogens (tertiary/aromatic N) is 4. The van der Waals surface area contributed by atoms with Crippen molar-refractivity contribution in [3.63, 3.8) is 0 Å². The monoisotopic (exact) mass is 521 g/mol. The Morgan fingerprint density at radius 1 is 1.16 bits per heavy atom. The molecule has 1 N–H and O–H groups in total. The molecule has 3 rings (SSSR count). The molecule has 0 radical (unpaired) electrons. The molecule has 198 valence electrons. The number of pyridine rings is 1. The Balaban J connectivity index is 1.73. The summed E-state index contributed by atoms with van der Waals surface area (Å²) in [6, 6.07) is 8.92. The number of amides is 1. The molecule has 0 aliphatic heterocycles. The maximum Gasteiger partial charge on any atom is 0.407 e. The smallest absolute Gasteiger partial charge is 0.407 e. The third kappa shape index (κ3) is 8.51. The first-order valence-corrected chi connectivity index (χ1v) is 11.9. The molecular weight excluding hydrogens is 493 g/mol. The van der Waals surface area contributed by atoms with E-state index in [1.165, 1.54) is 6.20 Å². The van der Waals surface area contributed by atoms with E-state index in [1.807, 2.05) is 6.07 Å². The van der Waals surface area contributed by atoms with Crippen LogP contribution in [0.2, 0.25) is 0 Å². The number of aromatic nitrogens is 3. The summed E-state index contributed by atoms with van der Waals surface area (Å²) in [4.78, 5) is 37.1. The highest BCUT2D eigenvalue weighted by molar-refractivity contribution is 5.73. The minimum Gasteiger partial charge on any atom is -0.466 e. The summed E-state index contributed by atoms with van der Waals surface area (Å²) in [6.07, 6.45) is 3.84. The van der Waals surface area contributed by atoms with E-state index in [-0.39, 0.29) is 30.9 Å². The van der Waals surface area contributed by atoms with Gasteiger partial charge in [-0.1, -0.05) is 0 Å². The molecule has 1 amide bonds. The molecule has 0 bridgehead atoms. The molecule has 11 heteroatoms. The van der Waals surface area contributed by atoms with E-state index in [9.17, 15) is 14.0 Å². The molecule has 3 aromatic rings. The van der Waals surface area contributed by atoms with E-state index in [0.29, 0.717) is 22.7 Å². The number of carbonyl (C=O) groups excluding carboxylic acids is 2. The van der Waals surface area contributed by atoms with Gasteiger partial charge in [-0.2, -0.15) is 5.26 Å². The topological polar surface area (TPSA) is 136 Å². The van der Waals surface area contributed by atoms with E-state index in [2.05, 4.69) is 20.3 Å². The predicted octanol–water partition coefficient (Wildman–Crippen LogP) is 4.73. The molecule has 0 saturated heterocycles. The number of halogens is 1. The highest BCUT2D eigenvalue weighted by Gasteiger charge is 2.23. The summed E-state index contributed by atoms with van der Waals surface area (Å²) in [7, 11) is 0. The fourth-order valence-electron chi connectivity index (χ4n) is 3.33. The molecule has 2 aromatic heterocycles. The molecule has 38 heavy (non-hydrogen) atoms. The predicted molar refractivity (Wildman–Crippen MR) is 135 cm³/mol. The maximum atomic E-state index is 14.1. The van der Waals surface area contributed by atoms with Gasteiger partial charge in [0, 0.05) is 30.4 Å². The van der Waals surface area contributed by atoms with Crippen LogP contribution in [0.4, 0.5) is 9.18 Å². The Morgan fingerprint density at radius 2 is 1.89 bits per heavy atom. The van der Waals surface area contributed by atoms with Crippen molar-refractivity contribution in [1.29, 1.82) is 5.26 Å². The molecule has 0 aliphatic rings. The Morgan fingerprint density at radius 3 is 2.53 bits per heavy atom. The van der Waals surface area contributed by atoms with Gasteiger partial charge in [0.15, 0.2) is 5.82 Å². The molecule has 0 aliphatic carbocycles. The number of nitriles is 1. The first kappa shape index (κ1) is 28.0. The van der Waals surface area contributed by atoms with Gasteiger partial charge in [0.05, 0.1) is 36.2 Å². The zero-order valence-corrected chi connectivity index (χ0v) is 21.5. The van der Waals surface area contributed by atoms with Crippen molar-refractivity contribution in [2.75, 3.05) is 6.61 Å². The summed E-state index contributed by atoms with van der Waals surface area (Å²) in [5.41, 5.74) is 1.19. The van der Waals surface area contributed by atoms with Crippen LogP contribution < -0.4 is 10.1 Å². The third-order valence-corrected chi connectivity index (χ3v) is 4.88. The van der Waals surface area contributed by atoms with Gasteiger partial charge in [0.1, 0.15) is 17.4 Å². The van der Waals surface area contributed by atoms with Gasteiger partial charge in [-0.15, -0.1) is 0 Å². The Hall–Kier alpha value is -4.59. The Kier molecular flexibility index (Phi) is 9.27. The van der Waals surface area contributed by atoms with E-state index in [1.54, 1.807) is 64.4 Å². The second kappa shape index (κ2) is 12.6. The number of carbonyl (C=O) groups is 2. The van der Waals surface area contributed by atoms with Crippen LogP contribution >= 0.6 is 0 Å². The number of rotatable bonds is 9. The zero-order valence-electron chi connectivity index (χ0n) is 21.5. The van der Waals surface area contributed by atoms with Crippen LogP contribution in [0.3, 0.4) is 0 Å². The van der Waals surface area contributed by atoms with Gasteiger partial charge in [-0.3, -0.25) is 9.78 Å². The second-order valence-corrected chi connectivity index (χ2v) is 9.20. The number of nitrogens with one attached hydrogen (secondary N) is 1. The van der Waals surface area contributed by atoms with Crippen LogP contribution in [0.25, 0.3) is 11.3 Å². The lowest BCUT2D eigenvalue weighted by molar-refractivity contribution is -0.143. The molecular formula is C27H28FN5O5. The summed E-state index contributed by atoms with van der Waals surface area (Å²) < 4.78 is 29.9. The summed E-state index contributed by atoms with van der Waals surface area (Å²) >= 11 is 0. The molecule has 0 saturated carbocycles. The lowest BCUT2D eigenvalue weighted by Gasteiger charge is -2.23. The molecule has 2 heterocycles. The summed E-state index contributed by atoms with van der Waals surface area (Å²) in [5, 5.41) is 11.5. The fourth-order valence-corrected chi connectivity index (χ4v) is 3.33. The van der Waals surface area contributed by atoms with Crippen molar-refractivity contribution in [3.8, 4) is 29.0 Å². The van der Waals surface area contributed by atoms with Gasteiger partial charge < -0.3 is 19.5 Å². The lowest BCUT2D eigenvalue weighted by Crippen LogP contribution is -2.41. The first-order chi connectivity index (χ1) is 18.1. The molecule has 0 fully saturated rings. The van der Waals surface area contributed by atoms with E-state index >= 15 is 0 Å². The summed E-state index contributed by atoms with van der Waals surface area (Å²) in [6.45, 7) is 7.17. The normalized spacial score (nSPS) is 11.7. The number of hydrogen-bond donors (Lipinski definition) is 1. The highest BCUT2D eigenvalue weighted by atomic mass is 19.1. The maximum absolute atomic E-state index is 14.1. The zero-order chi connectivity index (χ0) is 27.7. The lowest BCUT2D eigenvalue weighted by atomic mass is 10.1.